The molecule has 19 heavy (non-hydrogen) atoms. The van der Waals surface area contributed by atoms with E-state index in [9.17, 15) is 0 Å². The van der Waals surface area contributed by atoms with E-state index in [1.807, 2.05) is 12.1 Å². The van der Waals surface area contributed by atoms with Gasteiger partial charge in [0.05, 0.1) is 0 Å². The highest BCUT2D eigenvalue weighted by Crippen LogP contribution is 2.22. The Labute approximate surface area is 121 Å². The molecule has 0 spiro atoms. The third-order valence-corrected chi connectivity index (χ3v) is 4.18. The zero-order valence-electron chi connectivity index (χ0n) is 12.0. The van der Waals surface area contributed by atoms with Crippen LogP contribution in [0.15, 0.2) is 18.2 Å². The van der Waals surface area contributed by atoms with Crippen LogP contribution in [0.25, 0.3) is 0 Å². The van der Waals surface area contributed by atoms with E-state index in [0.29, 0.717) is 0 Å². The molecule has 0 radical (unpaired) electrons. The maximum atomic E-state index is 6.10. The molecule has 0 amide bonds. The number of halogens is 1. The Kier molecular flexibility index (Phi) is 5.53. The first kappa shape index (κ1) is 14.7. The standard InChI is InChI=1S/C16H24ClNO/c1-3-14-11-15(6-7-16(14)17)19-10-9-18-8-4-5-13(2)12-18/h6-7,11,13H,3-5,8-10,12H2,1-2H3/t13-/m1/s1. The van der Waals surface area contributed by atoms with Crippen LogP contribution < -0.4 is 4.74 Å². The molecule has 1 aromatic rings. The van der Waals surface area contributed by atoms with Gasteiger partial charge in [0.25, 0.3) is 0 Å². The molecule has 1 aliphatic heterocycles. The predicted octanol–water partition coefficient (Wildman–Crippen LogP) is 4.01. The second kappa shape index (κ2) is 7.16. The fourth-order valence-electron chi connectivity index (χ4n) is 2.69. The number of hydrogen-bond acceptors (Lipinski definition) is 2. The van der Waals surface area contributed by atoms with Gasteiger partial charge in [0.15, 0.2) is 0 Å². The second-order valence-electron chi connectivity index (χ2n) is 5.50. The molecule has 0 aromatic heterocycles. The fraction of sp³-hybridized carbons (Fsp3) is 0.625. The van der Waals surface area contributed by atoms with Crippen molar-refractivity contribution in [2.75, 3.05) is 26.2 Å². The number of hydrogen-bond donors (Lipinski definition) is 0. The lowest BCUT2D eigenvalue weighted by atomic mass is 10.0. The van der Waals surface area contributed by atoms with Crippen molar-refractivity contribution in [3.8, 4) is 5.75 Å². The third kappa shape index (κ3) is 4.39. The van der Waals surface area contributed by atoms with Crippen LogP contribution >= 0.6 is 11.6 Å². The summed E-state index contributed by atoms with van der Waals surface area (Å²) in [5.74, 6) is 1.77. The van der Waals surface area contributed by atoms with Gasteiger partial charge in [-0.3, -0.25) is 4.90 Å². The molecule has 1 aromatic carbocycles. The predicted molar refractivity (Wildman–Crippen MR) is 81.2 cm³/mol. The Morgan fingerprint density at radius 3 is 3.00 bits per heavy atom. The van der Waals surface area contributed by atoms with E-state index in [1.165, 1.54) is 25.9 Å². The van der Waals surface area contributed by atoms with Crippen molar-refractivity contribution in [3.05, 3.63) is 28.8 Å². The topological polar surface area (TPSA) is 12.5 Å². The van der Waals surface area contributed by atoms with Crippen LogP contribution in [0.1, 0.15) is 32.3 Å². The molecule has 2 nitrogen and oxygen atoms in total. The summed E-state index contributed by atoms with van der Waals surface area (Å²) in [6.45, 7) is 8.66. The van der Waals surface area contributed by atoms with Crippen molar-refractivity contribution < 1.29 is 4.74 Å². The van der Waals surface area contributed by atoms with Gasteiger partial charge in [-0.05, 0) is 55.5 Å². The van der Waals surface area contributed by atoms with Crippen molar-refractivity contribution in [1.82, 2.24) is 4.90 Å². The number of nitrogens with zero attached hydrogens (tertiary/aromatic N) is 1. The van der Waals surface area contributed by atoms with Crippen molar-refractivity contribution in [2.45, 2.75) is 33.1 Å². The van der Waals surface area contributed by atoms with Crippen molar-refractivity contribution >= 4 is 11.6 Å². The Morgan fingerprint density at radius 2 is 2.26 bits per heavy atom. The average molecular weight is 282 g/mol. The molecule has 106 valence electrons. The number of piperidine rings is 1. The molecular formula is C16H24ClNO. The zero-order valence-corrected chi connectivity index (χ0v) is 12.7. The molecule has 0 N–H and O–H groups in total. The monoisotopic (exact) mass is 281 g/mol. The number of likely N-dealkylation sites (tertiary alicyclic amines) is 1. The molecule has 2 rings (SSSR count). The Morgan fingerprint density at radius 1 is 1.42 bits per heavy atom. The van der Waals surface area contributed by atoms with E-state index in [4.69, 9.17) is 16.3 Å². The minimum atomic E-state index is 0.761. The van der Waals surface area contributed by atoms with Crippen LogP contribution in [-0.4, -0.2) is 31.1 Å². The molecule has 1 fully saturated rings. The second-order valence-corrected chi connectivity index (χ2v) is 5.91. The molecule has 0 bridgehead atoms. The third-order valence-electron chi connectivity index (χ3n) is 3.82. The van der Waals surface area contributed by atoms with E-state index in [-0.39, 0.29) is 0 Å². The molecule has 1 saturated heterocycles. The smallest absolute Gasteiger partial charge is 0.119 e. The molecule has 1 aliphatic rings. The Hall–Kier alpha value is -0.730. The van der Waals surface area contributed by atoms with Gasteiger partial charge in [-0.15, -0.1) is 0 Å². The van der Waals surface area contributed by atoms with Gasteiger partial charge in [0, 0.05) is 18.1 Å². The van der Waals surface area contributed by atoms with Gasteiger partial charge in [-0.25, -0.2) is 0 Å². The van der Waals surface area contributed by atoms with E-state index in [1.54, 1.807) is 0 Å². The number of aryl methyl sites for hydroxylation is 1. The molecule has 1 atom stereocenters. The quantitative estimate of drug-likeness (QED) is 0.808. The molecule has 0 saturated carbocycles. The molecule has 1 heterocycles. The minimum absolute atomic E-state index is 0.761. The summed E-state index contributed by atoms with van der Waals surface area (Å²) in [5.41, 5.74) is 1.16. The summed E-state index contributed by atoms with van der Waals surface area (Å²) >= 11 is 6.10. The SMILES string of the molecule is CCc1cc(OCCN2CCC[C@@H](C)C2)ccc1Cl. The van der Waals surface area contributed by atoms with Gasteiger partial charge in [-0.1, -0.05) is 25.4 Å². The Balaban J connectivity index is 1.79. The first-order chi connectivity index (χ1) is 9.19. The van der Waals surface area contributed by atoms with Gasteiger partial charge >= 0.3 is 0 Å². The van der Waals surface area contributed by atoms with E-state index in [2.05, 4.69) is 24.8 Å². The maximum Gasteiger partial charge on any atom is 0.119 e. The van der Waals surface area contributed by atoms with Crippen LogP contribution in [0.3, 0.4) is 0 Å². The highest BCUT2D eigenvalue weighted by atomic mass is 35.5. The summed E-state index contributed by atoms with van der Waals surface area (Å²) in [6.07, 6.45) is 3.64. The summed E-state index contributed by atoms with van der Waals surface area (Å²) < 4.78 is 5.84. The highest BCUT2D eigenvalue weighted by molar-refractivity contribution is 6.31. The van der Waals surface area contributed by atoms with E-state index >= 15 is 0 Å². The van der Waals surface area contributed by atoms with Crippen LogP contribution in [0.2, 0.25) is 5.02 Å². The maximum absolute atomic E-state index is 6.10. The molecule has 0 aliphatic carbocycles. The van der Waals surface area contributed by atoms with Crippen LogP contribution in [-0.2, 0) is 6.42 Å². The first-order valence-electron chi connectivity index (χ1n) is 7.32. The van der Waals surface area contributed by atoms with Crippen molar-refractivity contribution in [2.24, 2.45) is 5.92 Å². The minimum Gasteiger partial charge on any atom is -0.492 e. The number of rotatable bonds is 5. The lowest BCUT2D eigenvalue weighted by molar-refractivity contribution is 0.153. The molecule has 3 heteroatoms. The Bertz CT molecular complexity index is 408. The lowest BCUT2D eigenvalue weighted by Gasteiger charge is -2.30. The summed E-state index contributed by atoms with van der Waals surface area (Å²) in [5, 5.41) is 0.833. The van der Waals surface area contributed by atoms with E-state index < -0.39 is 0 Å². The lowest BCUT2D eigenvalue weighted by Crippen LogP contribution is -2.37. The van der Waals surface area contributed by atoms with Crippen LogP contribution in [0.5, 0.6) is 5.75 Å². The summed E-state index contributed by atoms with van der Waals surface area (Å²) in [4.78, 5) is 2.50. The number of ether oxygens (including phenoxy) is 1. The summed E-state index contributed by atoms with van der Waals surface area (Å²) in [7, 11) is 0. The average Bonchev–Trinajstić information content (AvgIpc) is 2.41. The van der Waals surface area contributed by atoms with Gasteiger partial charge in [-0.2, -0.15) is 0 Å². The van der Waals surface area contributed by atoms with Crippen molar-refractivity contribution in [3.63, 3.8) is 0 Å². The zero-order chi connectivity index (χ0) is 13.7. The van der Waals surface area contributed by atoms with Crippen LogP contribution in [0, 0.1) is 5.92 Å². The van der Waals surface area contributed by atoms with Gasteiger partial charge in [0.2, 0.25) is 0 Å². The van der Waals surface area contributed by atoms with Crippen molar-refractivity contribution in [1.29, 1.82) is 0 Å². The molecule has 0 unspecified atom stereocenters. The van der Waals surface area contributed by atoms with Crippen LogP contribution in [0.4, 0.5) is 0 Å². The highest BCUT2D eigenvalue weighted by Gasteiger charge is 2.15. The van der Waals surface area contributed by atoms with Gasteiger partial charge < -0.3 is 4.74 Å². The fourth-order valence-corrected chi connectivity index (χ4v) is 2.95. The normalized spacial score (nSPS) is 20.5. The number of benzene rings is 1. The molecular weight excluding hydrogens is 258 g/mol. The van der Waals surface area contributed by atoms with Gasteiger partial charge in [0.1, 0.15) is 12.4 Å². The summed E-state index contributed by atoms with van der Waals surface area (Å²) in [6, 6.07) is 5.94. The largest absolute Gasteiger partial charge is 0.492 e. The van der Waals surface area contributed by atoms with E-state index in [0.717, 1.165) is 41.8 Å². The first-order valence-corrected chi connectivity index (χ1v) is 7.70.